The summed E-state index contributed by atoms with van der Waals surface area (Å²) in [4.78, 5) is 0. The third-order valence-corrected chi connectivity index (χ3v) is 10.6. The molecule has 4 nitrogen and oxygen atoms in total. The summed E-state index contributed by atoms with van der Waals surface area (Å²) < 4.78 is 5.65. The summed E-state index contributed by atoms with van der Waals surface area (Å²) in [6, 6.07) is 67.1. The van der Waals surface area contributed by atoms with Crippen LogP contribution in [-0.4, -0.2) is 26.3 Å². The molecule has 8 aromatic carbocycles. The van der Waals surface area contributed by atoms with E-state index in [9.17, 15) is 10.0 Å². The Balaban J connectivity index is 0.000000143. The van der Waals surface area contributed by atoms with E-state index in [4.69, 9.17) is 0 Å². The molecule has 2 aromatic heterocycles. The van der Waals surface area contributed by atoms with E-state index in [1.54, 1.807) is 12.1 Å². The van der Waals surface area contributed by atoms with Crippen molar-refractivity contribution in [2.45, 2.75) is 0 Å². The average molecular weight is 762 g/mol. The Morgan fingerprint density at radius 3 is 1.19 bits per heavy atom. The summed E-state index contributed by atoms with van der Waals surface area (Å²) in [7, 11) is -1.46. The summed E-state index contributed by atoms with van der Waals surface area (Å²) in [6.45, 7) is 0. The molecule has 0 atom stereocenters. The standard InChI is InChI=1S/C24H18BNO2.C24H16BrN/c27-25(28)19-11-13-20(14-12-19)26-23-9-5-4-8-21(23)22-16-18(10-15-24(22)26)17-6-2-1-3-7-17;25-19-11-13-20(14-12-19)26-23-9-5-4-8-21(23)22-16-18(10-15-24(22)26)17-6-2-1-3-7-17/h1-16,27-28H;1-16H. The fourth-order valence-electron chi connectivity index (χ4n) is 7.51. The summed E-state index contributed by atoms with van der Waals surface area (Å²) in [5, 5.41) is 23.7. The molecule has 0 aliphatic heterocycles. The molecule has 0 aliphatic rings. The van der Waals surface area contributed by atoms with Crippen molar-refractivity contribution in [3.05, 3.63) is 199 Å². The molecule has 258 valence electrons. The summed E-state index contributed by atoms with van der Waals surface area (Å²) in [6.07, 6.45) is 0. The van der Waals surface area contributed by atoms with Gasteiger partial charge in [0.15, 0.2) is 0 Å². The molecule has 10 aromatic rings. The first-order chi connectivity index (χ1) is 26.5. The molecule has 0 radical (unpaired) electrons. The molecule has 0 fully saturated rings. The van der Waals surface area contributed by atoms with Crippen LogP contribution in [0.1, 0.15) is 0 Å². The Labute approximate surface area is 322 Å². The molecule has 0 bridgehead atoms. The van der Waals surface area contributed by atoms with Gasteiger partial charge in [-0.3, -0.25) is 0 Å². The molecule has 0 saturated carbocycles. The molecule has 6 heteroatoms. The highest BCUT2D eigenvalue weighted by Crippen LogP contribution is 2.36. The van der Waals surface area contributed by atoms with Gasteiger partial charge in [-0.2, -0.15) is 0 Å². The van der Waals surface area contributed by atoms with Gasteiger partial charge in [-0.1, -0.05) is 137 Å². The van der Waals surface area contributed by atoms with Gasteiger partial charge in [-0.25, -0.2) is 0 Å². The number of hydrogen-bond acceptors (Lipinski definition) is 2. The monoisotopic (exact) mass is 760 g/mol. The van der Waals surface area contributed by atoms with Gasteiger partial charge in [0.2, 0.25) is 0 Å². The van der Waals surface area contributed by atoms with Crippen LogP contribution in [0.2, 0.25) is 0 Å². The first-order valence-electron chi connectivity index (χ1n) is 17.9. The van der Waals surface area contributed by atoms with Crippen molar-refractivity contribution < 1.29 is 10.0 Å². The third-order valence-electron chi connectivity index (χ3n) is 10.1. The van der Waals surface area contributed by atoms with Gasteiger partial charge in [-0.15, -0.1) is 0 Å². The van der Waals surface area contributed by atoms with Gasteiger partial charge in [0.25, 0.3) is 0 Å². The van der Waals surface area contributed by atoms with E-state index in [-0.39, 0.29) is 0 Å². The minimum absolute atomic E-state index is 0.482. The Morgan fingerprint density at radius 1 is 0.352 bits per heavy atom. The maximum absolute atomic E-state index is 9.38. The van der Waals surface area contributed by atoms with Crippen molar-refractivity contribution in [3.63, 3.8) is 0 Å². The van der Waals surface area contributed by atoms with Crippen molar-refractivity contribution in [3.8, 4) is 33.6 Å². The lowest BCUT2D eigenvalue weighted by Gasteiger charge is -2.09. The number of para-hydroxylation sites is 2. The van der Waals surface area contributed by atoms with Gasteiger partial charge in [0, 0.05) is 37.4 Å². The number of rotatable bonds is 5. The molecular weight excluding hydrogens is 727 g/mol. The van der Waals surface area contributed by atoms with E-state index in [0.29, 0.717) is 5.46 Å². The minimum Gasteiger partial charge on any atom is -0.423 e. The van der Waals surface area contributed by atoms with E-state index in [1.165, 1.54) is 60.5 Å². The number of benzene rings is 8. The highest BCUT2D eigenvalue weighted by molar-refractivity contribution is 9.10. The van der Waals surface area contributed by atoms with Crippen LogP contribution in [0.5, 0.6) is 0 Å². The van der Waals surface area contributed by atoms with E-state index < -0.39 is 7.12 Å². The predicted octanol–water partition coefficient (Wildman–Crippen LogP) is 11.3. The van der Waals surface area contributed by atoms with Crippen LogP contribution in [0, 0.1) is 0 Å². The molecule has 0 unspecified atom stereocenters. The van der Waals surface area contributed by atoms with Crippen LogP contribution >= 0.6 is 15.9 Å². The van der Waals surface area contributed by atoms with Gasteiger partial charge in [-0.05, 0) is 101 Å². The smallest absolute Gasteiger partial charge is 0.423 e. The van der Waals surface area contributed by atoms with Crippen molar-refractivity contribution in [1.29, 1.82) is 0 Å². The lowest BCUT2D eigenvalue weighted by molar-refractivity contribution is 0.426. The Bertz CT molecular complexity index is 2900. The van der Waals surface area contributed by atoms with Gasteiger partial charge in [0.1, 0.15) is 0 Å². The van der Waals surface area contributed by atoms with Gasteiger partial charge < -0.3 is 19.2 Å². The van der Waals surface area contributed by atoms with Crippen LogP contribution in [0.3, 0.4) is 0 Å². The minimum atomic E-state index is -1.46. The molecule has 0 amide bonds. The Morgan fingerprint density at radius 2 is 0.741 bits per heavy atom. The molecule has 54 heavy (non-hydrogen) atoms. The zero-order valence-electron chi connectivity index (χ0n) is 29.2. The predicted molar refractivity (Wildman–Crippen MR) is 230 cm³/mol. The topological polar surface area (TPSA) is 50.3 Å². The lowest BCUT2D eigenvalue weighted by atomic mass is 9.80. The number of nitrogens with zero attached hydrogens (tertiary/aromatic N) is 2. The molecule has 0 spiro atoms. The molecule has 0 aliphatic carbocycles. The third kappa shape index (κ3) is 6.20. The van der Waals surface area contributed by atoms with Gasteiger partial charge >= 0.3 is 7.12 Å². The maximum Gasteiger partial charge on any atom is 0.488 e. The first-order valence-corrected chi connectivity index (χ1v) is 18.7. The van der Waals surface area contributed by atoms with Crippen LogP contribution in [0.15, 0.2) is 199 Å². The van der Waals surface area contributed by atoms with Crippen molar-refractivity contribution in [2.24, 2.45) is 0 Å². The summed E-state index contributed by atoms with van der Waals surface area (Å²) in [5.74, 6) is 0. The molecular formula is C48H34BBrN2O2. The number of hydrogen-bond donors (Lipinski definition) is 2. The quantitative estimate of drug-likeness (QED) is 0.172. The van der Waals surface area contributed by atoms with Crippen LogP contribution < -0.4 is 5.46 Å². The fourth-order valence-corrected chi connectivity index (χ4v) is 7.77. The zero-order chi connectivity index (χ0) is 36.6. The molecule has 10 rings (SSSR count). The van der Waals surface area contributed by atoms with Crippen LogP contribution in [0.4, 0.5) is 0 Å². The zero-order valence-corrected chi connectivity index (χ0v) is 30.8. The average Bonchev–Trinajstić information content (AvgIpc) is 3.74. The largest absolute Gasteiger partial charge is 0.488 e. The highest BCUT2D eigenvalue weighted by atomic mass is 79.9. The second-order valence-corrected chi connectivity index (χ2v) is 14.3. The maximum atomic E-state index is 9.38. The second-order valence-electron chi connectivity index (χ2n) is 13.3. The Hall–Kier alpha value is -6.18. The highest BCUT2D eigenvalue weighted by Gasteiger charge is 2.16. The number of aromatic nitrogens is 2. The molecule has 2 N–H and O–H groups in total. The van der Waals surface area contributed by atoms with Crippen LogP contribution in [-0.2, 0) is 0 Å². The van der Waals surface area contributed by atoms with E-state index >= 15 is 0 Å². The summed E-state index contributed by atoms with van der Waals surface area (Å²) in [5.41, 5.74) is 12.2. The van der Waals surface area contributed by atoms with Crippen LogP contribution in [0.25, 0.3) is 77.2 Å². The van der Waals surface area contributed by atoms with Crippen molar-refractivity contribution in [2.75, 3.05) is 0 Å². The number of halogens is 1. The number of fused-ring (bicyclic) bond motifs is 6. The SMILES string of the molecule is Brc1ccc(-n2c3ccccc3c3cc(-c4ccccc4)ccc32)cc1.OB(O)c1ccc(-n2c3ccccc3c3cc(-c4ccccc4)ccc32)cc1. The van der Waals surface area contributed by atoms with E-state index in [1.807, 2.05) is 24.3 Å². The van der Waals surface area contributed by atoms with Gasteiger partial charge in [0.05, 0.1) is 22.1 Å². The fraction of sp³-hybridized carbons (Fsp3) is 0. The second kappa shape index (κ2) is 14.3. The lowest BCUT2D eigenvalue weighted by Crippen LogP contribution is -2.29. The summed E-state index contributed by atoms with van der Waals surface area (Å²) >= 11 is 3.53. The molecule has 0 saturated heterocycles. The van der Waals surface area contributed by atoms with E-state index in [2.05, 4.69) is 183 Å². The normalized spacial score (nSPS) is 11.2. The molecule has 2 heterocycles. The van der Waals surface area contributed by atoms with Crippen molar-refractivity contribution >= 4 is 72.1 Å². The first kappa shape index (κ1) is 33.6. The Kier molecular flexibility index (Phi) is 8.93. The van der Waals surface area contributed by atoms with Crippen molar-refractivity contribution in [1.82, 2.24) is 9.13 Å². The van der Waals surface area contributed by atoms with E-state index in [0.717, 1.165) is 21.2 Å².